The van der Waals surface area contributed by atoms with Crippen molar-refractivity contribution < 1.29 is 4.74 Å². The van der Waals surface area contributed by atoms with Crippen LogP contribution in [0.5, 0.6) is 0 Å². The van der Waals surface area contributed by atoms with Crippen LogP contribution in [0.15, 0.2) is 24.3 Å². The van der Waals surface area contributed by atoms with Crippen molar-refractivity contribution in [3.8, 4) is 0 Å². The van der Waals surface area contributed by atoms with E-state index in [1.807, 2.05) is 38.1 Å². The largest absolute Gasteiger partial charge is 0.483 e. The first-order valence-corrected chi connectivity index (χ1v) is 4.38. The van der Waals surface area contributed by atoms with E-state index in [1.165, 1.54) is 5.56 Å². The molecule has 0 aliphatic heterocycles. The van der Waals surface area contributed by atoms with Crippen LogP contribution in [-0.4, -0.2) is 11.7 Å². The molecule has 0 atom stereocenters. The molecule has 0 radical (unpaired) electrons. The van der Waals surface area contributed by atoms with Crippen molar-refractivity contribution in [3.05, 3.63) is 35.4 Å². The van der Waals surface area contributed by atoms with Crippen molar-refractivity contribution in [1.29, 1.82) is 0 Å². The van der Waals surface area contributed by atoms with E-state index < -0.39 is 0 Å². The Bertz CT molecular complexity index is 264. The van der Waals surface area contributed by atoms with Crippen LogP contribution >= 0.6 is 12.2 Å². The molecule has 0 N–H and O–H groups in total. The van der Waals surface area contributed by atoms with Crippen molar-refractivity contribution in [1.82, 2.24) is 0 Å². The van der Waals surface area contributed by atoms with Gasteiger partial charge in [0.2, 0.25) is 0 Å². The molecular weight excluding hydrogens is 168 g/mol. The van der Waals surface area contributed by atoms with Gasteiger partial charge in [0.15, 0.2) is 5.05 Å². The summed E-state index contributed by atoms with van der Waals surface area (Å²) >= 11 is 5.04. The zero-order valence-corrected chi connectivity index (χ0v) is 8.15. The van der Waals surface area contributed by atoms with Gasteiger partial charge in [-0.25, -0.2) is 0 Å². The first kappa shape index (κ1) is 9.20. The molecule has 0 spiro atoms. The molecule has 1 aromatic carbocycles. The highest BCUT2D eigenvalue weighted by Crippen LogP contribution is 2.05. The van der Waals surface area contributed by atoms with Gasteiger partial charge in [-0.1, -0.05) is 29.8 Å². The maximum Gasteiger partial charge on any atom is 0.191 e. The van der Waals surface area contributed by atoms with E-state index in [4.69, 9.17) is 17.0 Å². The molecule has 0 heterocycles. The third-order valence-corrected chi connectivity index (χ3v) is 1.92. The number of rotatable bonds is 2. The second-order valence-corrected chi connectivity index (χ2v) is 2.96. The first-order valence-electron chi connectivity index (χ1n) is 3.98. The molecule has 0 bridgehead atoms. The molecule has 0 amide bonds. The average Bonchev–Trinajstić information content (AvgIpc) is 2.06. The Morgan fingerprint density at radius 1 is 1.33 bits per heavy atom. The van der Waals surface area contributed by atoms with Crippen LogP contribution in [-0.2, 0) is 4.74 Å². The van der Waals surface area contributed by atoms with Crippen molar-refractivity contribution in [2.24, 2.45) is 0 Å². The molecular formula is C10H12OS. The van der Waals surface area contributed by atoms with Gasteiger partial charge >= 0.3 is 0 Å². The lowest BCUT2D eigenvalue weighted by molar-refractivity contribution is 0.337. The number of hydrogen-bond donors (Lipinski definition) is 0. The zero-order chi connectivity index (χ0) is 8.97. The average molecular weight is 180 g/mol. The fraction of sp³-hybridized carbons (Fsp3) is 0.300. The minimum absolute atomic E-state index is 0.581. The Morgan fingerprint density at radius 2 is 1.92 bits per heavy atom. The quantitative estimate of drug-likeness (QED) is 0.647. The van der Waals surface area contributed by atoms with Gasteiger partial charge in [0, 0.05) is 5.56 Å². The third kappa shape index (κ3) is 2.31. The molecule has 0 aromatic heterocycles. The van der Waals surface area contributed by atoms with E-state index in [2.05, 4.69) is 0 Å². The van der Waals surface area contributed by atoms with Crippen LogP contribution in [0.25, 0.3) is 0 Å². The highest BCUT2D eigenvalue weighted by atomic mass is 32.1. The topological polar surface area (TPSA) is 9.23 Å². The lowest BCUT2D eigenvalue weighted by atomic mass is 10.2. The van der Waals surface area contributed by atoms with Gasteiger partial charge in [-0.15, -0.1) is 0 Å². The molecule has 0 unspecified atom stereocenters. The summed E-state index contributed by atoms with van der Waals surface area (Å²) in [5.74, 6) is 0. The fourth-order valence-electron chi connectivity index (χ4n) is 0.904. The number of aryl methyl sites for hydroxylation is 1. The summed E-state index contributed by atoms with van der Waals surface area (Å²) < 4.78 is 5.20. The van der Waals surface area contributed by atoms with E-state index in [1.54, 1.807) is 0 Å². The Morgan fingerprint density at radius 3 is 2.42 bits per heavy atom. The maximum absolute atomic E-state index is 5.20. The zero-order valence-electron chi connectivity index (χ0n) is 7.33. The second-order valence-electron chi connectivity index (χ2n) is 2.59. The Labute approximate surface area is 78.4 Å². The molecule has 0 saturated carbocycles. The summed E-state index contributed by atoms with van der Waals surface area (Å²) in [5.41, 5.74) is 2.22. The number of ether oxygens (including phenoxy) is 1. The van der Waals surface area contributed by atoms with E-state index in [-0.39, 0.29) is 0 Å². The van der Waals surface area contributed by atoms with E-state index in [9.17, 15) is 0 Å². The lowest BCUT2D eigenvalue weighted by Crippen LogP contribution is -2.02. The van der Waals surface area contributed by atoms with Gasteiger partial charge < -0.3 is 4.74 Å². The number of benzene rings is 1. The van der Waals surface area contributed by atoms with Crippen LogP contribution in [0.4, 0.5) is 0 Å². The van der Waals surface area contributed by atoms with Crippen LogP contribution in [0.2, 0.25) is 0 Å². The monoisotopic (exact) mass is 180 g/mol. The normalized spacial score (nSPS) is 9.50. The van der Waals surface area contributed by atoms with Crippen LogP contribution < -0.4 is 0 Å². The molecule has 12 heavy (non-hydrogen) atoms. The van der Waals surface area contributed by atoms with Gasteiger partial charge in [0.1, 0.15) is 0 Å². The minimum atomic E-state index is 0.581. The molecule has 0 aliphatic rings. The third-order valence-electron chi connectivity index (χ3n) is 1.56. The molecule has 0 saturated heterocycles. The Hall–Kier alpha value is -0.890. The summed E-state index contributed by atoms with van der Waals surface area (Å²) in [6, 6.07) is 8.02. The molecule has 0 fully saturated rings. The molecule has 0 aliphatic carbocycles. The summed E-state index contributed by atoms with van der Waals surface area (Å²) in [6.07, 6.45) is 0. The van der Waals surface area contributed by atoms with Crippen molar-refractivity contribution >= 4 is 17.3 Å². The Kier molecular flexibility index (Phi) is 3.23. The highest BCUT2D eigenvalue weighted by molar-refractivity contribution is 7.80. The minimum Gasteiger partial charge on any atom is -0.483 e. The molecule has 1 rings (SSSR count). The molecule has 64 valence electrons. The van der Waals surface area contributed by atoms with Gasteiger partial charge in [-0.05, 0) is 26.1 Å². The van der Waals surface area contributed by atoms with E-state index in [0.29, 0.717) is 11.7 Å². The SMILES string of the molecule is CCOC(=S)c1ccc(C)cc1. The van der Waals surface area contributed by atoms with E-state index in [0.717, 1.165) is 5.56 Å². The molecule has 1 aromatic rings. The lowest BCUT2D eigenvalue weighted by Gasteiger charge is -2.04. The van der Waals surface area contributed by atoms with Crippen molar-refractivity contribution in [2.45, 2.75) is 13.8 Å². The Balaban J connectivity index is 2.75. The van der Waals surface area contributed by atoms with E-state index >= 15 is 0 Å². The summed E-state index contributed by atoms with van der Waals surface area (Å²) in [5, 5.41) is 0.581. The fourth-order valence-corrected chi connectivity index (χ4v) is 1.16. The predicted molar refractivity (Wildman–Crippen MR) is 54.5 cm³/mol. The van der Waals surface area contributed by atoms with Crippen molar-refractivity contribution in [2.75, 3.05) is 6.61 Å². The van der Waals surface area contributed by atoms with Crippen molar-refractivity contribution in [3.63, 3.8) is 0 Å². The van der Waals surface area contributed by atoms with Crippen LogP contribution in [0.1, 0.15) is 18.1 Å². The smallest absolute Gasteiger partial charge is 0.191 e. The summed E-state index contributed by atoms with van der Waals surface area (Å²) in [6.45, 7) is 4.61. The van der Waals surface area contributed by atoms with Crippen LogP contribution in [0.3, 0.4) is 0 Å². The molecule has 1 nitrogen and oxygen atoms in total. The van der Waals surface area contributed by atoms with Gasteiger partial charge in [0.25, 0.3) is 0 Å². The number of thiocarbonyl (C=S) groups is 1. The predicted octanol–water partition coefficient (Wildman–Crippen LogP) is 2.71. The highest BCUT2D eigenvalue weighted by Gasteiger charge is 1.98. The van der Waals surface area contributed by atoms with Gasteiger partial charge in [0.05, 0.1) is 6.61 Å². The summed E-state index contributed by atoms with van der Waals surface area (Å²) in [7, 11) is 0. The standard InChI is InChI=1S/C10H12OS/c1-3-11-10(12)9-6-4-8(2)5-7-9/h4-7H,3H2,1-2H3. The first-order chi connectivity index (χ1) is 5.74. The van der Waals surface area contributed by atoms with Gasteiger partial charge in [-0.2, -0.15) is 0 Å². The van der Waals surface area contributed by atoms with Crippen LogP contribution in [0, 0.1) is 6.92 Å². The summed E-state index contributed by atoms with van der Waals surface area (Å²) in [4.78, 5) is 0. The van der Waals surface area contributed by atoms with Gasteiger partial charge in [-0.3, -0.25) is 0 Å². The molecule has 2 heteroatoms. The second kappa shape index (κ2) is 4.21. The number of hydrogen-bond acceptors (Lipinski definition) is 2. The maximum atomic E-state index is 5.20.